The Balaban J connectivity index is 1.54. The van der Waals surface area contributed by atoms with E-state index in [1.807, 2.05) is 0 Å². The summed E-state index contributed by atoms with van der Waals surface area (Å²) in [7, 11) is 0. The highest BCUT2D eigenvalue weighted by molar-refractivity contribution is 5.80. The van der Waals surface area contributed by atoms with Crippen LogP contribution in [-0.2, 0) is 9.53 Å². The van der Waals surface area contributed by atoms with Crippen LogP contribution in [0.15, 0.2) is 18.3 Å². The maximum Gasteiger partial charge on any atom is 0.225 e. The molecule has 4 heterocycles. The molecule has 1 aromatic carbocycles. The first-order chi connectivity index (χ1) is 15.0. The lowest BCUT2D eigenvalue weighted by atomic mass is 10.2. The number of ether oxygens (including phenoxy) is 1. The van der Waals surface area contributed by atoms with E-state index in [9.17, 15) is 18.0 Å². The average Bonchev–Trinajstić information content (AvgIpc) is 3.44. The number of imidazole rings is 1. The second-order valence-corrected chi connectivity index (χ2v) is 7.44. The van der Waals surface area contributed by atoms with Gasteiger partial charge in [0, 0.05) is 31.7 Å². The highest BCUT2D eigenvalue weighted by Gasteiger charge is 2.27. The third-order valence-corrected chi connectivity index (χ3v) is 5.26. The highest BCUT2D eigenvalue weighted by Crippen LogP contribution is 2.32. The van der Waals surface area contributed by atoms with Crippen molar-refractivity contribution in [2.45, 2.75) is 24.9 Å². The number of hydrogen-bond acceptors (Lipinski definition) is 7. The molecule has 12 heteroatoms. The molecule has 0 spiro atoms. The fourth-order valence-electron chi connectivity index (χ4n) is 3.78. The van der Waals surface area contributed by atoms with Crippen LogP contribution in [0.25, 0.3) is 11.2 Å². The van der Waals surface area contributed by atoms with Crippen LogP contribution in [-0.4, -0.2) is 51.2 Å². The van der Waals surface area contributed by atoms with Gasteiger partial charge in [-0.15, -0.1) is 0 Å². The maximum atomic E-state index is 14.2. The zero-order chi connectivity index (χ0) is 21.5. The van der Waals surface area contributed by atoms with Crippen molar-refractivity contribution in [2.75, 3.05) is 30.4 Å². The van der Waals surface area contributed by atoms with Gasteiger partial charge in [-0.1, -0.05) is 0 Å². The molecule has 2 atom stereocenters. The number of nitrogens with zero attached hydrogens (tertiary/aromatic N) is 4. The van der Waals surface area contributed by atoms with Crippen LogP contribution >= 0.6 is 0 Å². The number of hydrogen-bond donors (Lipinski definition) is 3. The lowest BCUT2D eigenvalue weighted by molar-refractivity contribution is -0.119. The molecule has 9 nitrogen and oxygen atoms in total. The van der Waals surface area contributed by atoms with E-state index >= 15 is 0 Å². The van der Waals surface area contributed by atoms with Crippen molar-refractivity contribution in [2.24, 2.45) is 0 Å². The second kappa shape index (κ2) is 7.69. The molecule has 0 bridgehead atoms. The fraction of sp³-hybridized carbons (Fsp3) is 0.368. The molecular weight excluding hydrogens is 415 g/mol. The Morgan fingerprint density at radius 3 is 2.68 bits per heavy atom. The minimum Gasteiger partial charge on any atom is -0.379 e. The van der Waals surface area contributed by atoms with E-state index in [0.29, 0.717) is 61.8 Å². The molecule has 0 saturated carbocycles. The molecule has 2 fully saturated rings. The molecule has 2 aliphatic heterocycles. The number of aromatic nitrogens is 4. The van der Waals surface area contributed by atoms with Gasteiger partial charge >= 0.3 is 0 Å². The third kappa shape index (κ3) is 3.74. The third-order valence-electron chi connectivity index (χ3n) is 5.26. The van der Waals surface area contributed by atoms with Gasteiger partial charge in [-0.05, 0) is 6.42 Å². The molecular formula is C19H18F3N7O2. The smallest absolute Gasteiger partial charge is 0.225 e. The second-order valence-electron chi connectivity index (χ2n) is 7.44. The SMILES string of the molecule is O=C1C[C@H](Nc2ncc3nc(Nc4c(F)cc(F)cc4F)n([C@H]4CCOC4)c3n2)CN1. The molecule has 5 rings (SSSR count). The Morgan fingerprint density at radius 1 is 1.19 bits per heavy atom. The first-order valence-corrected chi connectivity index (χ1v) is 9.75. The van der Waals surface area contributed by atoms with Gasteiger partial charge in [0.2, 0.25) is 17.8 Å². The van der Waals surface area contributed by atoms with Crippen LogP contribution in [0, 0.1) is 17.5 Å². The van der Waals surface area contributed by atoms with Crippen LogP contribution < -0.4 is 16.0 Å². The summed E-state index contributed by atoms with van der Waals surface area (Å²) in [5, 5.41) is 8.47. The standard InChI is InChI=1S/C19H18F3N7O2/c20-9-3-12(21)16(13(22)4-9)27-19-26-14-7-24-18(25-10-5-15(30)23-6-10)28-17(14)29(19)11-1-2-31-8-11/h3-4,7,10-11H,1-2,5-6,8H2,(H,23,30)(H,26,27)(H,24,25,28)/t10-,11-/m0/s1. The summed E-state index contributed by atoms with van der Waals surface area (Å²) in [6, 6.07) is 0.874. The van der Waals surface area contributed by atoms with E-state index in [4.69, 9.17) is 4.74 Å². The molecule has 2 aromatic heterocycles. The Kier molecular flexibility index (Phi) is 4.85. The summed E-state index contributed by atoms with van der Waals surface area (Å²) in [4.78, 5) is 24.6. The van der Waals surface area contributed by atoms with Crippen molar-refractivity contribution in [3.63, 3.8) is 0 Å². The number of anilines is 3. The number of nitrogens with one attached hydrogen (secondary N) is 3. The molecule has 3 N–H and O–H groups in total. The Bertz CT molecular complexity index is 1140. The number of rotatable bonds is 5. The van der Waals surface area contributed by atoms with Crippen molar-refractivity contribution < 1.29 is 22.7 Å². The van der Waals surface area contributed by atoms with Gasteiger partial charge in [-0.25, -0.2) is 23.1 Å². The average molecular weight is 433 g/mol. The highest BCUT2D eigenvalue weighted by atomic mass is 19.1. The molecule has 162 valence electrons. The summed E-state index contributed by atoms with van der Waals surface area (Å²) in [5.74, 6) is -2.78. The lowest BCUT2D eigenvalue weighted by Crippen LogP contribution is -2.23. The Hall–Kier alpha value is -3.41. The van der Waals surface area contributed by atoms with E-state index < -0.39 is 23.1 Å². The van der Waals surface area contributed by atoms with E-state index in [2.05, 4.69) is 30.9 Å². The van der Waals surface area contributed by atoms with Crippen molar-refractivity contribution in [3.05, 3.63) is 35.8 Å². The number of benzene rings is 1. The van der Waals surface area contributed by atoms with Gasteiger partial charge in [0.15, 0.2) is 17.3 Å². The maximum absolute atomic E-state index is 14.2. The molecule has 0 aliphatic carbocycles. The zero-order valence-electron chi connectivity index (χ0n) is 16.2. The number of fused-ring (bicyclic) bond motifs is 1. The largest absolute Gasteiger partial charge is 0.379 e. The summed E-state index contributed by atoms with van der Waals surface area (Å²) >= 11 is 0. The number of carbonyl (C=O) groups is 1. The van der Waals surface area contributed by atoms with E-state index in [-0.39, 0.29) is 23.9 Å². The minimum atomic E-state index is -1.08. The fourth-order valence-corrected chi connectivity index (χ4v) is 3.78. The number of amides is 1. The molecule has 31 heavy (non-hydrogen) atoms. The monoisotopic (exact) mass is 433 g/mol. The molecule has 2 aliphatic rings. The first-order valence-electron chi connectivity index (χ1n) is 9.75. The summed E-state index contributed by atoms with van der Waals surface area (Å²) in [6.45, 7) is 1.36. The predicted octanol–water partition coefficient (Wildman–Crippen LogP) is 2.25. The van der Waals surface area contributed by atoms with Crippen LogP contribution in [0.3, 0.4) is 0 Å². The molecule has 0 radical (unpaired) electrons. The van der Waals surface area contributed by atoms with Gasteiger partial charge in [0.25, 0.3) is 0 Å². The zero-order valence-corrected chi connectivity index (χ0v) is 16.2. The van der Waals surface area contributed by atoms with Crippen LogP contribution in [0.5, 0.6) is 0 Å². The van der Waals surface area contributed by atoms with E-state index in [1.165, 1.54) is 6.20 Å². The summed E-state index contributed by atoms with van der Waals surface area (Å²) in [5.41, 5.74) is 0.331. The predicted molar refractivity (Wildman–Crippen MR) is 104 cm³/mol. The molecule has 1 amide bonds. The normalized spacial score (nSPS) is 20.9. The van der Waals surface area contributed by atoms with Gasteiger partial charge in [-0.3, -0.25) is 9.36 Å². The van der Waals surface area contributed by atoms with Crippen LogP contribution in [0.4, 0.5) is 30.8 Å². The Labute approximate surface area is 174 Å². The lowest BCUT2D eigenvalue weighted by Gasteiger charge is -2.16. The summed E-state index contributed by atoms with van der Waals surface area (Å²) in [6.07, 6.45) is 2.46. The van der Waals surface area contributed by atoms with Crippen molar-refractivity contribution in [1.82, 2.24) is 24.8 Å². The topological polar surface area (TPSA) is 106 Å². The molecule has 2 saturated heterocycles. The van der Waals surface area contributed by atoms with Crippen molar-refractivity contribution in [3.8, 4) is 0 Å². The van der Waals surface area contributed by atoms with E-state index in [0.717, 1.165) is 0 Å². The van der Waals surface area contributed by atoms with Gasteiger partial charge in [0.1, 0.15) is 17.0 Å². The molecule has 0 unspecified atom stereocenters. The first kappa shape index (κ1) is 19.5. The van der Waals surface area contributed by atoms with Gasteiger partial charge in [-0.2, -0.15) is 4.98 Å². The van der Waals surface area contributed by atoms with Gasteiger partial charge < -0.3 is 20.7 Å². The number of halogens is 3. The molecule has 3 aromatic rings. The van der Waals surface area contributed by atoms with Crippen molar-refractivity contribution in [1.29, 1.82) is 0 Å². The van der Waals surface area contributed by atoms with E-state index in [1.54, 1.807) is 4.57 Å². The number of carbonyl (C=O) groups excluding carboxylic acids is 1. The minimum absolute atomic E-state index is 0.0541. The summed E-state index contributed by atoms with van der Waals surface area (Å²) < 4.78 is 48.9. The van der Waals surface area contributed by atoms with Gasteiger partial charge in [0.05, 0.1) is 24.9 Å². The Morgan fingerprint density at radius 2 is 2.00 bits per heavy atom. The van der Waals surface area contributed by atoms with Crippen molar-refractivity contribution >= 4 is 34.7 Å². The van der Waals surface area contributed by atoms with Crippen LogP contribution in [0.1, 0.15) is 18.9 Å². The quantitative estimate of drug-likeness (QED) is 0.567. The van der Waals surface area contributed by atoms with Crippen LogP contribution in [0.2, 0.25) is 0 Å².